The molecule has 0 amide bonds. The molecule has 2 atom stereocenters. The summed E-state index contributed by atoms with van der Waals surface area (Å²) < 4.78 is 2.30. The summed E-state index contributed by atoms with van der Waals surface area (Å²) in [5, 5.41) is 7.83. The summed E-state index contributed by atoms with van der Waals surface area (Å²) in [5.41, 5.74) is 1.27. The molecule has 0 saturated carbocycles. The molecular formula is C12H21N3S. The maximum absolute atomic E-state index is 4.21. The Hall–Kier alpha value is -0.480. The minimum atomic E-state index is 0.395. The monoisotopic (exact) mass is 239 g/mol. The summed E-state index contributed by atoms with van der Waals surface area (Å²) in [6, 6.07) is 0.395. The topological polar surface area (TPSA) is 29.9 Å². The lowest BCUT2D eigenvalue weighted by molar-refractivity contribution is 0.490. The van der Waals surface area contributed by atoms with E-state index in [1.165, 1.54) is 24.2 Å². The van der Waals surface area contributed by atoms with Crippen LogP contribution in [-0.2, 0) is 7.05 Å². The van der Waals surface area contributed by atoms with Crippen molar-refractivity contribution in [3.8, 4) is 0 Å². The summed E-state index contributed by atoms with van der Waals surface area (Å²) in [4.78, 5) is 0. The van der Waals surface area contributed by atoms with Gasteiger partial charge < -0.3 is 5.32 Å². The Balaban J connectivity index is 1.86. The number of nitrogens with one attached hydrogen (secondary N) is 1. The predicted octanol–water partition coefficient (Wildman–Crippen LogP) is 2.36. The Morgan fingerprint density at radius 2 is 2.50 bits per heavy atom. The van der Waals surface area contributed by atoms with Crippen LogP contribution < -0.4 is 5.32 Å². The van der Waals surface area contributed by atoms with Crippen LogP contribution in [0.25, 0.3) is 0 Å². The van der Waals surface area contributed by atoms with E-state index in [0.717, 1.165) is 6.54 Å². The SMILES string of the molecule is CC(NCC1(C)CCCS1)c1cnn(C)c1. The van der Waals surface area contributed by atoms with Crippen molar-refractivity contribution in [2.75, 3.05) is 12.3 Å². The largest absolute Gasteiger partial charge is 0.309 e. The van der Waals surface area contributed by atoms with Gasteiger partial charge >= 0.3 is 0 Å². The summed E-state index contributed by atoms with van der Waals surface area (Å²) in [6.45, 7) is 5.67. The fourth-order valence-electron chi connectivity index (χ4n) is 2.13. The average Bonchev–Trinajstić information content (AvgIpc) is 2.85. The van der Waals surface area contributed by atoms with Crippen molar-refractivity contribution in [1.29, 1.82) is 0 Å². The van der Waals surface area contributed by atoms with E-state index in [1.54, 1.807) is 0 Å². The number of aromatic nitrogens is 2. The van der Waals surface area contributed by atoms with Gasteiger partial charge in [0.2, 0.25) is 0 Å². The number of hydrogen-bond acceptors (Lipinski definition) is 3. The van der Waals surface area contributed by atoms with Gasteiger partial charge in [-0.2, -0.15) is 16.9 Å². The first-order valence-corrected chi connectivity index (χ1v) is 6.93. The van der Waals surface area contributed by atoms with Crippen LogP contribution >= 0.6 is 11.8 Å². The van der Waals surface area contributed by atoms with Crippen molar-refractivity contribution >= 4 is 11.8 Å². The maximum atomic E-state index is 4.21. The molecule has 2 unspecified atom stereocenters. The Morgan fingerprint density at radius 3 is 3.06 bits per heavy atom. The van der Waals surface area contributed by atoms with Crippen molar-refractivity contribution < 1.29 is 0 Å². The van der Waals surface area contributed by atoms with Crippen LogP contribution in [0.1, 0.15) is 38.3 Å². The zero-order valence-corrected chi connectivity index (χ0v) is 11.2. The van der Waals surface area contributed by atoms with E-state index >= 15 is 0 Å². The highest BCUT2D eigenvalue weighted by Crippen LogP contribution is 2.37. The van der Waals surface area contributed by atoms with Gasteiger partial charge in [-0.15, -0.1) is 0 Å². The Labute approximate surface area is 102 Å². The first kappa shape index (κ1) is 12.0. The molecule has 3 nitrogen and oxygen atoms in total. The first-order chi connectivity index (χ1) is 7.59. The van der Waals surface area contributed by atoms with Crippen molar-refractivity contribution in [3.05, 3.63) is 18.0 Å². The van der Waals surface area contributed by atoms with Crippen molar-refractivity contribution in [2.24, 2.45) is 7.05 Å². The molecule has 16 heavy (non-hydrogen) atoms. The van der Waals surface area contributed by atoms with Gasteiger partial charge in [0.15, 0.2) is 0 Å². The van der Waals surface area contributed by atoms with Crippen molar-refractivity contribution in [2.45, 2.75) is 37.5 Å². The Morgan fingerprint density at radius 1 is 1.69 bits per heavy atom. The fourth-order valence-corrected chi connectivity index (χ4v) is 3.38. The lowest BCUT2D eigenvalue weighted by atomic mass is 10.0. The van der Waals surface area contributed by atoms with Gasteiger partial charge in [0.25, 0.3) is 0 Å². The highest BCUT2D eigenvalue weighted by Gasteiger charge is 2.29. The van der Waals surface area contributed by atoms with E-state index < -0.39 is 0 Å². The van der Waals surface area contributed by atoms with Crippen molar-refractivity contribution in [1.82, 2.24) is 15.1 Å². The third-order valence-corrected chi connectivity index (χ3v) is 4.85. The third kappa shape index (κ3) is 2.80. The van der Waals surface area contributed by atoms with E-state index in [1.807, 2.05) is 17.9 Å². The van der Waals surface area contributed by atoms with E-state index in [4.69, 9.17) is 0 Å². The zero-order chi connectivity index (χ0) is 11.6. The highest BCUT2D eigenvalue weighted by atomic mass is 32.2. The maximum Gasteiger partial charge on any atom is 0.0537 e. The summed E-state index contributed by atoms with van der Waals surface area (Å²) in [5.74, 6) is 1.32. The second-order valence-corrected chi connectivity index (χ2v) is 6.63. The van der Waals surface area contributed by atoms with Crippen molar-refractivity contribution in [3.63, 3.8) is 0 Å². The summed E-state index contributed by atoms with van der Waals surface area (Å²) >= 11 is 2.10. The lowest BCUT2D eigenvalue weighted by Gasteiger charge is -2.25. The van der Waals surface area contributed by atoms with Crippen LogP contribution in [0.3, 0.4) is 0 Å². The molecule has 0 radical (unpaired) electrons. The Kier molecular flexibility index (Phi) is 3.60. The van der Waals surface area contributed by atoms with Crippen LogP contribution in [0, 0.1) is 0 Å². The normalized spacial score (nSPS) is 27.2. The van der Waals surface area contributed by atoms with Crippen LogP contribution in [0.15, 0.2) is 12.4 Å². The molecule has 1 aromatic heterocycles. The van der Waals surface area contributed by atoms with Crippen LogP contribution in [-0.4, -0.2) is 26.8 Å². The molecule has 0 aromatic carbocycles. The van der Waals surface area contributed by atoms with E-state index in [2.05, 4.69) is 42.2 Å². The van der Waals surface area contributed by atoms with Gasteiger partial charge in [-0.3, -0.25) is 4.68 Å². The van der Waals surface area contributed by atoms with Gasteiger partial charge in [0.1, 0.15) is 0 Å². The first-order valence-electron chi connectivity index (χ1n) is 5.95. The number of hydrogen-bond donors (Lipinski definition) is 1. The minimum absolute atomic E-state index is 0.395. The molecule has 0 aliphatic carbocycles. The van der Waals surface area contributed by atoms with Crippen LogP contribution in [0.5, 0.6) is 0 Å². The molecule has 0 spiro atoms. The number of nitrogens with zero attached hydrogens (tertiary/aromatic N) is 2. The highest BCUT2D eigenvalue weighted by molar-refractivity contribution is 8.00. The fraction of sp³-hybridized carbons (Fsp3) is 0.750. The quantitative estimate of drug-likeness (QED) is 0.875. The zero-order valence-electron chi connectivity index (χ0n) is 10.4. The molecule has 1 saturated heterocycles. The molecule has 1 aromatic rings. The summed E-state index contributed by atoms with van der Waals surface area (Å²) in [7, 11) is 1.96. The van der Waals surface area contributed by atoms with E-state index in [0.29, 0.717) is 10.8 Å². The van der Waals surface area contributed by atoms with Gasteiger partial charge in [-0.25, -0.2) is 0 Å². The molecule has 2 rings (SSSR count). The molecule has 0 bridgehead atoms. The molecule has 4 heteroatoms. The lowest BCUT2D eigenvalue weighted by Crippen LogP contribution is -2.34. The van der Waals surface area contributed by atoms with E-state index in [-0.39, 0.29) is 0 Å². The molecule has 2 heterocycles. The minimum Gasteiger partial charge on any atom is -0.309 e. The predicted molar refractivity (Wildman–Crippen MR) is 69.7 cm³/mol. The molecule has 90 valence electrons. The number of thioether (sulfide) groups is 1. The second kappa shape index (κ2) is 4.80. The molecular weight excluding hydrogens is 218 g/mol. The average molecular weight is 239 g/mol. The third-order valence-electron chi connectivity index (χ3n) is 3.31. The molecule has 1 aliphatic rings. The van der Waals surface area contributed by atoms with Crippen LogP contribution in [0.4, 0.5) is 0 Å². The smallest absolute Gasteiger partial charge is 0.0537 e. The number of aryl methyl sites for hydroxylation is 1. The Bertz CT molecular complexity index is 342. The number of rotatable bonds is 4. The summed E-state index contributed by atoms with van der Waals surface area (Å²) in [6.07, 6.45) is 6.73. The van der Waals surface area contributed by atoms with Gasteiger partial charge in [-0.1, -0.05) is 0 Å². The molecule has 1 N–H and O–H groups in total. The second-order valence-electron chi connectivity index (χ2n) is 4.95. The standard InChI is InChI=1S/C12H21N3S/c1-10(11-7-14-15(3)8-11)13-9-12(2)5-4-6-16-12/h7-8,10,13H,4-6,9H2,1-3H3. The molecule has 1 aliphatic heterocycles. The van der Waals surface area contributed by atoms with Crippen LogP contribution in [0.2, 0.25) is 0 Å². The van der Waals surface area contributed by atoms with Gasteiger partial charge in [-0.05, 0) is 32.4 Å². The van der Waals surface area contributed by atoms with E-state index in [9.17, 15) is 0 Å². The van der Waals surface area contributed by atoms with Gasteiger partial charge in [0.05, 0.1) is 6.20 Å². The molecule has 1 fully saturated rings. The van der Waals surface area contributed by atoms with Gasteiger partial charge in [0, 0.05) is 36.1 Å².